The summed E-state index contributed by atoms with van der Waals surface area (Å²) in [4.78, 5) is 16.5. The molecular weight excluding hydrogens is 350 g/mol. The van der Waals surface area contributed by atoms with E-state index in [1.54, 1.807) is 18.2 Å². The lowest BCUT2D eigenvalue weighted by Crippen LogP contribution is -2.34. The fourth-order valence-electron chi connectivity index (χ4n) is 1.98. The molecule has 7 heteroatoms. The molecule has 0 aliphatic carbocycles. The number of nitrogens with zero attached hydrogens (tertiary/aromatic N) is 1. The summed E-state index contributed by atoms with van der Waals surface area (Å²) in [6, 6.07) is 12.8. The summed E-state index contributed by atoms with van der Waals surface area (Å²) in [5.74, 6) is -0.262. The monoisotopic (exact) mass is 361 g/mol. The van der Waals surface area contributed by atoms with Crippen molar-refractivity contribution in [2.75, 3.05) is 5.32 Å². The summed E-state index contributed by atoms with van der Waals surface area (Å²) >= 11 is 12.7. The van der Waals surface area contributed by atoms with Gasteiger partial charge in [0.2, 0.25) is 0 Å². The van der Waals surface area contributed by atoms with Crippen LogP contribution < -0.4 is 10.6 Å². The van der Waals surface area contributed by atoms with Crippen molar-refractivity contribution in [2.45, 2.75) is 6.92 Å². The van der Waals surface area contributed by atoms with Gasteiger partial charge in [0.15, 0.2) is 10.2 Å². The summed E-state index contributed by atoms with van der Waals surface area (Å²) in [5.41, 5.74) is 2.36. The minimum Gasteiger partial charge on any atom is -0.308 e. The van der Waals surface area contributed by atoms with Gasteiger partial charge in [-0.3, -0.25) is 10.1 Å². The van der Waals surface area contributed by atoms with Crippen molar-refractivity contribution >= 4 is 61.5 Å². The molecule has 1 aromatic heterocycles. The quantitative estimate of drug-likeness (QED) is 0.665. The maximum Gasteiger partial charge on any atom is 0.257 e. The molecule has 2 aromatic carbocycles. The van der Waals surface area contributed by atoms with Gasteiger partial charge in [0.1, 0.15) is 5.52 Å². The van der Waals surface area contributed by atoms with Gasteiger partial charge in [0.05, 0.1) is 9.72 Å². The van der Waals surface area contributed by atoms with Crippen LogP contribution in [-0.4, -0.2) is 16.0 Å². The number of amides is 1. The Balaban J connectivity index is 1.69. The highest BCUT2D eigenvalue weighted by molar-refractivity contribution is 7.80. The van der Waals surface area contributed by atoms with Crippen molar-refractivity contribution in [1.29, 1.82) is 0 Å². The molecule has 0 spiro atoms. The molecule has 2 N–H and O–H groups in total. The van der Waals surface area contributed by atoms with Crippen molar-refractivity contribution in [3.05, 3.63) is 58.6 Å². The van der Waals surface area contributed by atoms with Gasteiger partial charge in [-0.2, -0.15) is 0 Å². The van der Waals surface area contributed by atoms with E-state index in [-0.39, 0.29) is 11.0 Å². The van der Waals surface area contributed by atoms with E-state index in [9.17, 15) is 4.79 Å². The van der Waals surface area contributed by atoms with Crippen LogP contribution in [0.4, 0.5) is 5.13 Å². The van der Waals surface area contributed by atoms with Gasteiger partial charge >= 0.3 is 0 Å². The van der Waals surface area contributed by atoms with Gasteiger partial charge in [-0.25, -0.2) is 4.98 Å². The molecule has 0 fully saturated rings. The Morgan fingerprint density at radius 2 is 1.96 bits per heavy atom. The Morgan fingerprint density at radius 1 is 1.22 bits per heavy atom. The number of carbonyl (C=O) groups excluding carboxylic acids is 1. The van der Waals surface area contributed by atoms with Crippen LogP contribution in [0.1, 0.15) is 15.9 Å². The van der Waals surface area contributed by atoms with Gasteiger partial charge in [-0.05, 0) is 43.4 Å². The zero-order valence-corrected chi connectivity index (χ0v) is 14.5. The van der Waals surface area contributed by atoms with Crippen LogP contribution in [0, 0.1) is 6.92 Å². The number of aryl methyl sites for hydroxylation is 1. The molecular formula is C16H12ClN3OS2. The third-order valence-electron chi connectivity index (χ3n) is 3.13. The van der Waals surface area contributed by atoms with Crippen molar-refractivity contribution < 1.29 is 4.79 Å². The number of benzene rings is 2. The van der Waals surface area contributed by atoms with Crippen molar-refractivity contribution in [1.82, 2.24) is 10.3 Å². The first-order valence-corrected chi connectivity index (χ1v) is 8.37. The van der Waals surface area contributed by atoms with Crippen LogP contribution in [0.3, 0.4) is 0 Å². The van der Waals surface area contributed by atoms with Gasteiger partial charge in [-0.1, -0.05) is 46.7 Å². The zero-order chi connectivity index (χ0) is 16.4. The second-order valence-corrected chi connectivity index (χ2v) is 6.73. The SMILES string of the molecule is Cc1ccc(C(=O)NC(=S)Nc2nc3c(Cl)cccc3s2)cc1. The number of fused-ring (bicyclic) bond motifs is 1. The molecule has 0 saturated heterocycles. The molecule has 0 bridgehead atoms. The summed E-state index contributed by atoms with van der Waals surface area (Å²) < 4.78 is 0.952. The second-order valence-electron chi connectivity index (χ2n) is 4.88. The maximum atomic E-state index is 12.1. The summed E-state index contributed by atoms with van der Waals surface area (Å²) in [6.07, 6.45) is 0. The van der Waals surface area contributed by atoms with Crippen molar-refractivity contribution in [3.63, 3.8) is 0 Å². The Morgan fingerprint density at radius 3 is 2.65 bits per heavy atom. The minimum absolute atomic E-state index is 0.200. The van der Waals surface area contributed by atoms with E-state index in [1.807, 2.05) is 31.2 Å². The minimum atomic E-state index is -0.262. The van der Waals surface area contributed by atoms with Gasteiger partial charge in [-0.15, -0.1) is 0 Å². The highest BCUT2D eigenvalue weighted by Crippen LogP contribution is 2.30. The molecule has 0 saturated carbocycles. The molecule has 0 radical (unpaired) electrons. The number of thiocarbonyl (C=S) groups is 1. The first-order valence-electron chi connectivity index (χ1n) is 6.77. The lowest BCUT2D eigenvalue weighted by atomic mass is 10.1. The third kappa shape index (κ3) is 3.67. The van der Waals surface area contributed by atoms with E-state index in [1.165, 1.54) is 11.3 Å². The number of rotatable bonds is 2. The largest absolute Gasteiger partial charge is 0.308 e. The number of nitrogens with one attached hydrogen (secondary N) is 2. The molecule has 0 unspecified atom stereocenters. The van der Waals surface area contributed by atoms with E-state index < -0.39 is 0 Å². The number of hydrogen-bond donors (Lipinski definition) is 2. The van der Waals surface area contributed by atoms with E-state index >= 15 is 0 Å². The topological polar surface area (TPSA) is 54.0 Å². The van der Waals surface area contributed by atoms with Gasteiger partial charge in [0.25, 0.3) is 5.91 Å². The highest BCUT2D eigenvalue weighted by Gasteiger charge is 2.11. The number of aromatic nitrogens is 1. The first kappa shape index (κ1) is 15.9. The summed E-state index contributed by atoms with van der Waals surface area (Å²) in [5, 5.41) is 6.93. The number of halogens is 1. The molecule has 0 aliphatic heterocycles. The molecule has 1 amide bonds. The number of carbonyl (C=O) groups is 1. The first-order chi connectivity index (χ1) is 11.0. The van der Waals surface area contributed by atoms with Gasteiger partial charge < -0.3 is 5.32 Å². The Bertz CT molecular complexity index is 890. The van der Waals surface area contributed by atoms with Gasteiger partial charge in [0, 0.05) is 5.56 Å². The third-order valence-corrected chi connectivity index (χ3v) is 4.58. The normalized spacial score (nSPS) is 10.5. The van der Waals surface area contributed by atoms with Crippen LogP contribution in [0.2, 0.25) is 5.02 Å². The van der Waals surface area contributed by atoms with Crippen LogP contribution >= 0.6 is 35.2 Å². The maximum absolute atomic E-state index is 12.1. The van der Waals surface area contributed by atoms with Crippen LogP contribution in [-0.2, 0) is 0 Å². The van der Waals surface area contributed by atoms with E-state index in [0.29, 0.717) is 21.2 Å². The number of thiazole rings is 1. The lowest BCUT2D eigenvalue weighted by molar-refractivity contribution is 0.0978. The molecule has 3 rings (SSSR count). The fraction of sp³-hybridized carbons (Fsp3) is 0.0625. The average molecular weight is 362 g/mol. The zero-order valence-electron chi connectivity index (χ0n) is 12.1. The lowest BCUT2D eigenvalue weighted by Gasteiger charge is -2.07. The predicted octanol–water partition coefficient (Wildman–Crippen LogP) is 4.38. The molecule has 0 aliphatic rings. The molecule has 3 aromatic rings. The predicted molar refractivity (Wildman–Crippen MR) is 99.5 cm³/mol. The van der Waals surface area contributed by atoms with Crippen molar-refractivity contribution in [2.24, 2.45) is 0 Å². The fourth-order valence-corrected chi connectivity index (χ4v) is 3.40. The Labute approximate surface area is 147 Å². The van der Waals surface area contributed by atoms with E-state index in [2.05, 4.69) is 15.6 Å². The Hall–Kier alpha value is -2.02. The Kier molecular flexibility index (Phi) is 4.56. The smallest absolute Gasteiger partial charge is 0.257 e. The highest BCUT2D eigenvalue weighted by atomic mass is 35.5. The van der Waals surface area contributed by atoms with Crippen LogP contribution in [0.25, 0.3) is 10.2 Å². The number of hydrogen-bond acceptors (Lipinski definition) is 4. The number of anilines is 1. The molecule has 116 valence electrons. The van der Waals surface area contributed by atoms with Crippen molar-refractivity contribution in [3.8, 4) is 0 Å². The van der Waals surface area contributed by atoms with E-state index in [0.717, 1.165) is 10.3 Å². The molecule has 4 nitrogen and oxygen atoms in total. The average Bonchev–Trinajstić information content (AvgIpc) is 2.91. The number of para-hydroxylation sites is 1. The standard InChI is InChI=1S/C16H12ClN3OS2/c1-9-5-7-10(8-6-9)14(21)19-15(22)20-16-18-13-11(17)3-2-4-12(13)23-16/h2-8H,1H3,(H2,18,19,20,21,22). The second kappa shape index (κ2) is 6.62. The van der Waals surface area contributed by atoms with Crippen LogP contribution in [0.15, 0.2) is 42.5 Å². The summed E-state index contributed by atoms with van der Waals surface area (Å²) in [7, 11) is 0. The molecule has 0 atom stereocenters. The molecule has 23 heavy (non-hydrogen) atoms. The van der Waals surface area contributed by atoms with Crippen LogP contribution in [0.5, 0.6) is 0 Å². The molecule has 1 heterocycles. The summed E-state index contributed by atoms with van der Waals surface area (Å²) in [6.45, 7) is 1.96. The van der Waals surface area contributed by atoms with E-state index in [4.69, 9.17) is 23.8 Å².